The number of carbonyl (C=O) groups is 1. The summed E-state index contributed by atoms with van der Waals surface area (Å²) in [4.78, 5) is 14.6. The number of halogens is 2. The van der Waals surface area contributed by atoms with E-state index in [0.717, 1.165) is 24.8 Å². The standard InChI is InChI=1S/C16H22Cl2N2O/c1-3-8-16(2,19)15(21)20(12-5-6-12)10-11-4-7-13(17)14(18)9-11/h4,7,9,12H,3,5-6,8,10,19H2,1-2H3. The highest BCUT2D eigenvalue weighted by Crippen LogP contribution is 2.32. The lowest BCUT2D eigenvalue weighted by Crippen LogP contribution is -2.53. The molecule has 0 bridgehead atoms. The van der Waals surface area contributed by atoms with E-state index in [2.05, 4.69) is 0 Å². The zero-order valence-corrected chi connectivity index (χ0v) is 14.0. The molecule has 0 heterocycles. The van der Waals surface area contributed by atoms with E-state index in [1.807, 2.05) is 30.9 Å². The van der Waals surface area contributed by atoms with Crippen molar-refractivity contribution in [1.29, 1.82) is 0 Å². The first-order valence-corrected chi connectivity index (χ1v) is 8.14. The van der Waals surface area contributed by atoms with Gasteiger partial charge < -0.3 is 10.6 Å². The van der Waals surface area contributed by atoms with E-state index in [1.165, 1.54) is 0 Å². The molecule has 3 nitrogen and oxygen atoms in total. The Morgan fingerprint density at radius 1 is 1.38 bits per heavy atom. The molecular formula is C16H22Cl2N2O. The lowest BCUT2D eigenvalue weighted by atomic mass is 9.95. The van der Waals surface area contributed by atoms with Gasteiger partial charge in [-0.05, 0) is 43.9 Å². The fourth-order valence-electron chi connectivity index (χ4n) is 2.54. The van der Waals surface area contributed by atoms with Crippen LogP contribution >= 0.6 is 23.2 Å². The molecule has 21 heavy (non-hydrogen) atoms. The number of carbonyl (C=O) groups excluding carboxylic acids is 1. The van der Waals surface area contributed by atoms with Gasteiger partial charge in [0, 0.05) is 12.6 Å². The van der Waals surface area contributed by atoms with E-state index in [1.54, 1.807) is 6.07 Å². The van der Waals surface area contributed by atoms with Crippen molar-refractivity contribution in [2.45, 2.75) is 57.7 Å². The molecular weight excluding hydrogens is 307 g/mol. The summed E-state index contributed by atoms with van der Waals surface area (Å²) in [6.07, 6.45) is 3.69. The zero-order valence-electron chi connectivity index (χ0n) is 12.5. The Balaban J connectivity index is 2.16. The number of rotatable bonds is 6. The van der Waals surface area contributed by atoms with Gasteiger partial charge in [-0.25, -0.2) is 0 Å². The van der Waals surface area contributed by atoms with Crippen molar-refractivity contribution in [2.24, 2.45) is 5.73 Å². The minimum absolute atomic E-state index is 0.0259. The van der Waals surface area contributed by atoms with Gasteiger partial charge in [-0.1, -0.05) is 42.6 Å². The Morgan fingerprint density at radius 3 is 2.57 bits per heavy atom. The van der Waals surface area contributed by atoms with Crippen molar-refractivity contribution < 1.29 is 4.79 Å². The Bertz CT molecular complexity index is 527. The number of nitrogens with zero attached hydrogens (tertiary/aromatic N) is 1. The van der Waals surface area contributed by atoms with Gasteiger partial charge in [-0.3, -0.25) is 4.79 Å². The van der Waals surface area contributed by atoms with Crippen LogP contribution < -0.4 is 5.73 Å². The lowest BCUT2D eigenvalue weighted by Gasteiger charge is -2.32. The molecule has 5 heteroatoms. The molecule has 1 atom stereocenters. The van der Waals surface area contributed by atoms with Crippen molar-refractivity contribution in [1.82, 2.24) is 4.90 Å². The monoisotopic (exact) mass is 328 g/mol. The highest BCUT2D eigenvalue weighted by Gasteiger charge is 2.39. The third-order valence-corrected chi connectivity index (χ3v) is 4.58. The largest absolute Gasteiger partial charge is 0.334 e. The Kier molecular flexibility index (Phi) is 5.18. The second kappa shape index (κ2) is 6.55. The average Bonchev–Trinajstić information content (AvgIpc) is 3.23. The van der Waals surface area contributed by atoms with E-state index in [9.17, 15) is 4.79 Å². The topological polar surface area (TPSA) is 46.3 Å². The maximum Gasteiger partial charge on any atom is 0.242 e. The summed E-state index contributed by atoms with van der Waals surface area (Å²) in [6, 6.07) is 5.81. The maximum atomic E-state index is 12.7. The number of amides is 1. The van der Waals surface area contributed by atoms with Crippen LogP contribution in [0.2, 0.25) is 10.0 Å². The van der Waals surface area contributed by atoms with E-state index in [-0.39, 0.29) is 5.91 Å². The van der Waals surface area contributed by atoms with Crippen LogP contribution in [0.4, 0.5) is 0 Å². The van der Waals surface area contributed by atoms with Crippen LogP contribution in [0.3, 0.4) is 0 Å². The molecule has 2 N–H and O–H groups in total. The van der Waals surface area contributed by atoms with Gasteiger partial charge in [0.25, 0.3) is 0 Å². The molecule has 2 rings (SSSR count). The van der Waals surface area contributed by atoms with E-state index < -0.39 is 5.54 Å². The summed E-state index contributed by atoms with van der Waals surface area (Å²) in [6.45, 7) is 4.40. The van der Waals surface area contributed by atoms with Gasteiger partial charge in [0.1, 0.15) is 0 Å². The molecule has 1 aromatic carbocycles. The van der Waals surface area contributed by atoms with Crippen LogP contribution in [0.5, 0.6) is 0 Å². The SMILES string of the molecule is CCCC(C)(N)C(=O)N(Cc1ccc(Cl)c(Cl)c1)C1CC1. The molecule has 1 aliphatic carbocycles. The van der Waals surface area contributed by atoms with Crippen molar-refractivity contribution in [2.75, 3.05) is 0 Å². The summed E-state index contributed by atoms with van der Waals surface area (Å²) < 4.78 is 0. The summed E-state index contributed by atoms with van der Waals surface area (Å²) in [5, 5.41) is 1.04. The molecule has 0 aliphatic heterocycles. The summed E-state index contributed by atoms with van der Waals surface area (Å²) in [7, 11) is 0. The first kappa shape index (κ1) is 16.6. The quantitative estimate of drug-likeness (QED) is 0.857. The Morgan fingerprint density at radius 2 is 2.05 bits per heavy atom. The minimum atomic E-state index is -0.798. The van der Waals surface area contributed by atoms with Gasteiger partial charge in [0.15, 0.2) is 0 Å². The molecule has 1 aliphatic rings. The number of nitrogens with two attached hydrogens (primary N) is 1. The lowest BCUT2D eigenvalue weighted by molar-refractivity contribution is -0.138. The molecule has 0 aromatic heterocycles. The molecule has 1 fully saturated rings. The maximum absolute atomic E-state index is 12.7. The second-order valence-corrected chi connectivity index (χ2v) is 6.89. The van der Waals surface area contributed by atoms with Crippen molar-refractivity contribution >= 4 is 29.1 Å². The Labute approximate surface area is 136 Å². The van der Waals surface area contributed by atoms with Crippen molar-refractivity contribution in [3.63, 3.8) is 0 Å². The smallest absolute Gasteiger partial charge is 0.242 e. The fraction of sp³-hybridized carbons (Fsp3) is 0.562. The molecule has 1 unspecified atom stereocenters. The summed E-state index contributed by atoms with van der Waals surface area (Å²) >= 11 is 12.0. The molecule has 1 saturated carbocycles. The van der Waals surface area contributed by atoms with Crippen LogP contribution in [0.1, 0.15) is 45.1 Å². The molecule has 1 amide bonds. The van der Waals surface area contributed by atoms with Crippen LogP contribution in [0, 0.1) is 0 Å². The highest BCUT2D eigenvalue weighted by molar-refractivity contribution is 6.42. The van der Waals surface area contributed by atoms with Crippen molar-refractivity contribution in [3.8, 4) is 0 Å². The van der Waals surface area contributed by atoms with E-state index in [0.29, 0.717) is 29.1 Å². The summed E-state index contributed by atoms with van der Waals surface area (Å²) in [5.74, 6) is 0.0259. The first-order chi connectivity index (χ1) is 9.85. The van der Waals surface area contributed by atoms with Crippen LogP contribution in [-0.2, 0) is 11.3 Å². The predicted molar refractivity (Wildman–Crippen MR) is 87.5 cm³/mol. The van der Waals surface area contributed by atoms with Gasteiger partial charge in [0.05, 0.1) is 15.6 Å². The molecule has 0 radical (unpaired) electrons. The summed E-state index contributed by atoms with van der Waals surface area (Å²) in [5.41, 5.74) is 6.39. The molecule has 0 saturated heterocycles. The van der Waals surface area contributed by atoms with Gasteiger partial charge >= 0.3 is 0 Å². The molecule has 116 valence electrons. The predicted octanol–water partition coefficient (Wildman–Crippen LogP) is 4.00. The highest BCUT2D eigenvalue weighted by atomic mass is 35.5. The number of hydrogen-bond donors (Lipinski definition) is 1. The minimum Gasteiger partial charge on any atom is -0.334 e. The average molecular weight is 329 g/mol. The molecule has 0 spiro atoms. The number of hydrogen-bond acceptors (Lipinski definition) is 2. The van der Waals surface area contributed by atoms with Gasteiger partial charge in [-0.15, -0.1) is 0 Å². The molecule has 1 aromatic rings. The van der Waals surface area contributed by atoms with Crippen LogP contribution in [0.15, 0.2) is 18.2 Å². The van der Waals surface area contributed by atoms with Crippen LogP contribution in [0.25, 0.3) is 0 Å². The third-order valence-electron chi connectivity index (χ3n) is 3.84. The van der Waals surface area contributed by atoms with Crippen molar-refractivity contribution in [3.05, 3.63) is 33.8 Å². The van der Waals surface area contributed by atoms with Gasteiger partial charge in [0.2, 0.25) is 5.91 Å². The van der Waals surface area contributed by atoms with Gasteiger partial charge in [-0.2, -0.15) is 0 Å². The normalized spacial score (nSPS) is 17.4. The third kappa shape index (κ3) is 4.12. The van der Waals surface area contributed by atoms with E-state index in [4.69, 9.17) is 28.9 Å². The second-order valence-electron chi connectivity index (χ2n) is 6.08. The first-order valence-electron chi connectivity index (χ1n) is 7.39. The van der Waals surface area contributed by atoms with E-state index >= 15 is 0 Å². The van der Waals surface area contributed by atoms with Crippen LogP contribution in [-0.4, -0.2) is 22.4 Å². The Hall–Kier alpha value is -0.770. The zero-order chi connectivity index (χ0) is 15.6. The fourth-order valence-corrected chi connectivity index (χ4v) is 2.86. The number of benzene rings is 1.